The molecular weight excluding hydrogens is 256 g/mol. The minimum absolute atomic E-state index is 0.269. The van der Waals surface area contributed by atoms with Gasteiger partial charge in [-0.2, -0.15) is 0 Å². The van der Waals surface area contributed by atoms with E-state index in [-0.39, 0.29) is 5.41 Å². The van der Waals surface area contributed by atoms with Gasteiger partial charge in [0.25, 0.3) is 0 Å². The lowest BCUT2D eigenvalue weighted by atomic mass is 9.45. The van der Waals surface area contributed by atoms with E-state index >= 15 is 0 Å². The first kappa shape index (κ1) is 16.8. The van der Waals surface area contributed by atoms with Gasteiger partial charge in [0.2, 0.25) is 0 Å². The van der Waals surface area contributed by atoms with Gasteiger partial charge in [0.05, 0.1) is 5.60 Å². The molecule has 0 saturated heterocycles. The first-order chi connectivity index (χ1) is 9.63. The number of fused-ring (bicyclic) bond motifs is 1. The molecule has 120 valence electrons. The average molecular weight is 290 g/mol. The predicted molar refractivity (Wildman–Crippen MR) is 91.1 cm³/mol. The van der Waals surface area contributed by atoms with Crippen LogP contribution < -0.4 is 0 Å². The molecule has 0 radical (unpaired) electrons. The Bertz CT molecular complexity index is 418. The second-order valence-corrected chi connectivity index (χ2v) is 8.75. The molecule has 2 rings (SSSR count). The van der Waals surface area contributed by atoms with E-state index in [2.05, 4.69) is 40.9 Å². The molecule has 0 aromatic carbocycles. The molecule has 0 aromatic rings. The van der Waals surface area contributed by atoms with Gasteiger partial charge in [-0.25, -0.2) is 0 Å². The highest BCUT2D eigenvalue weighted by molar-refractivity contribution is 5.13. The second kappa shape index (κ2) is 5.57. The van der Waals surface area contributed by atoms with Crippen molar-refractivity contribution in [3.8, 4) is 0 Å². The quantitative estimate of drug-likeness (QED) is 0.678. The molecule has 0 heterocycles. The van der Waals surface area contributed by atoms with Gasteiger partial charge in [-0.05, 0) is 68.1 Å². The van der Waals surface area contributed by atoms with Crippen LogP contribution >= 0.6 is 0 Å². The third kappa shape index (κ3) is 2.99. The maximum atomic E-state index is 11.0. The standard InChI is InChI=1S/C20H34O/c1-7-15(2)9-10-17-19(5)13-8-12-18(3,4)16(19)11-14-20(17,6)21/h7,16-17,21H,1-2,8-14H2,3-6H3/t16-,17-,19-,20+/m0/s1. The first-order valence-corrected chi connectivity index (χ1v) is 8.66. The molecule has 2 saturated carbocycles. The van der Waals surface area contributed by atoms with E-state index in [0.717, 1.165) is 30.8 Å². The molecule has 0 spiro atoms. The van der Waals surface area contributed by atoms with Gasteiger partial charge in [0.1, 0.15) is 0 Å². The van der Waals surface area contributed by atoms with Crippen molar-refractivity contribution in [2.75, 3.05) is 0 Å². The fourth-order valence-corrected chi connectivity index (χ4v) is 5.70. The summed E-state index contributed by atoms with van der Waals surface area (Å²) in [7, 11) is 0. The van der Waals surface area contributed by atoms with Gasteiger partial charge in [-0.15, -0.1) is 0 Å². The van der Waals surface area contributed by atoms with Crippen LogP contribution in [0.3, 0.4) is 0 Å². The maximum Gasteiger partial charge on any atom is 0.0653 e. The third-order valence-electron chi connectivity index (χ3n) is 6.80. The van der Waals surface area contributed by atoms with Gasteiger partial charge in [0.15, 0.2) is 0 Å². The fraction of sp³-hybridized carbons (Fsp3) is 0.800. The van der Waals surface area contributed by atoms with Crippen LogP contribution in [-0.2, 0) is 0 Å². The molecule has 0 aromatic heterocycles. The molecule has 4 atom stereocenters. The summed E-state index contributed by atoms with van der Waals surface area (Å²) in [5, 5.41) is 11.0. The lowest BCUT2D eigenvalue weighted by Crippen LogP contribution is -2.57. The number of rotatable bonds is 4. The Balaban J connectivity index is 2.28. The Kier molecular flexibility index (Phi) is 4.46. The maximum absolute atomic E-state index is 11.0. The van der Waals surface area contributed by atoms with Crippen LogP contribution in [0, 0.1) is 22.7 Å². The van der Waals surface area contributed by atoms with Crippen LogP contribution in [-0.4, -0.2) is 10.7 Å². The SMILES string of the molecule is C=CC(=C)CC[C@H]1[C@@]2(C)CCCC(C)(C)[C@@H]2CC[C@@]1(C)O. The predicted octanol–water partition coefficient (Wildman–Crippen LogP) is 5.50. The summed E-state index contributed by atoms with van der Waals surface area (Å²) in [6.45, 7) is 17.3. The molecule has 2 fully saturated rings. The molecule has 2 aliphatic rings. The summed E-state index contributed by atoms with van der Waals surface area (Å²) in [5.74, 6) is 1.11. The summed E-state index contributed by atoms with van der Waals surface area (Å²) in [5.41, 5.74) is 1.26. The van der Waals surface area contributed by atoms with Crippen LogP contribution in [0.1, 0.15) is 72.6 Å². The highest BCUT2D eigenvalue weighted by atomic mass is 16.3. The van der Waals surface area contributed by atoms with Crippen LogP contribution in [0.15, 0.2) is 24.8 Å². The molecule has 1 heteroatoms. The number of allylic oxidation sites excluding steroid dienone is 2. The van der Waals surface area contributed by atoms with Crippen molar-refractivity contribution in [3.63, 3.8) is 0 Å². The van der Waals surface area contributed by atoms with Crippen molar-refractivity contribution >= 4 is 0 Å². The second-order valence-electron chi connectivity index (χ2n) is 8.75. The molecule has 0 amide bonds. The van der Waals surface area contributed by atoms with Gasteiger partial charge in [-0.3, -0.25) is 0 Å². The highest BCUT2D eigenvalue weighted by Gasteiger charge is 2.57. The Morgan fingerprint density at radius 2 is 1.86 bits per heavy atom. The number of hydrogen-bond acceptors (Lipinski definition) is 1. The Hall–Kier alpha value is -0.560. The zero-order chi connectivity index (χ0) is 15.9. The van der Waals surface area contributed by atoms with Crippen molar-refractivity contribution in [3.05, 3.63) is 24.8 Å². The highest BCUT2D eigenvalue weighted by Crippen LogP contribution is 2.62. The molecule has 1 N–H and O–H groups in total. The van der Waals surface area contributed by atoms with Crippen LogP contribution in [0.4, 0.5) is 0 Å². The van der Waals surface area contributed by atoms with Crippen molar-refractivity contribution in [1.82, 2.24) is 0 Å². The van der Waals surface area contributed by atoms with E-state index in [0.29, 0.717) is 11.3 Å². The average Bonchev–Trinajstić information content (AvgIpc) is 2.35. The molecule has 21 heavy (non-hydrogen) atoms. The lowest BCUT2D eigenvalue weighted by molar-refractivity contribution is -0.168. The Morgan fingerprint density at radius 3 is 2.48 bits per heavy atom. The summed E-state index contributed by atoms with van der Waals surface area (Å²) < 4.78 is 0. The number of hydrogen-bond donors (Lipinski definition) is 1. The number of aliphatic hydroxyl groups is 1. The van der Waals surface area contributed by atoms with E-state index in [1.807, 2.05) is 6.08 Å². The minimum Gasteiger partial charge on any atom is -0.390 e. The lowest BCUT2D eigenvalue weighted by Gasteiger charge is -2.61. The third-order valence-corrected chi connectivity index (χ3v) is 6.80. The smallest absolute Gasteiger partial charge is 0.0653 e. The van der Waals surface area contributed by atoms with E-state index in [1.54, 1.807) is 0 Å². The molecule has 0 aliphatic heterocycles. The zero-order valence-electron chi connectivity index (χ0n) is 14.5. The minimum atomic E-state index is -0.528. The van der Waals surface area contributed by atoms with Crippen LogP contribution in [0.25, 0.3) is 0 Å². The van der Waals surface area contributed by atoms with E-state index in [1.165, 1.54) is 25.7 Å². The van der Waals surface area contributed by atoms with E-state index < -0.39 is 5.60 Å². The van der Waals surface area contributed by atoms with Gasteiger partial charge < -0.3 is 5.11 Å². The van der Waals surface area contributed by atoms with Gasteiger partial charge >= 0.3 is 0 Å². The molecular formula is C20H34O. The van der Waals surface area contributed by atoms with E-state index in [4.69, 9.17) is 0 Å². The Labute approximate surface area is 131 Å². The van der Waals surface area contributed by atoms with Crippen molar-refractivity contribution < 1.29 is 5.11 Å². The van der Waals surface area contributed by atoms with E-state index in [9.17, 15) is 5.11 Å². The fourth-order valence-electron chi connectivity index (χ4n) is 5.70. The molecule has 0 bridgehead atoms. The molecule has 2 aliphatic carbocycles. The summed E-state index contributed by atoms with van der Waals surface area (Å²) in [6, 6.07) is 0. The van der Waals surface area contributed by atoms with Gasteiger partial charge in [0, 0.05) is 0 Å². The summed E-state index contributed by atoms with van der Waals surface area (Å²) in [6.07, 6.45) is 9.90. The Morgan fingerprint density at radius 1 is 1.19 bits per heavy atom. The zero-order valence-corrected chi connectivity index (χ0v) is 14.5. The summed E-state index contributed by atoms with van der Waals surface area (Å²) >= 11 is 0. The van der Waals surface area contributed by atoms with Crippen molar-refractivity contribution in [2.45, 2.75) is 78.2 Å². The molecule has 1 nitrogen and oxygen atoms in total. The topological polar surface area (TPSA) is 20.2 Å². The van der Waals surface area contributed by atoms with Crippen LogP contribution in [0.5, 0.6) is 0 Å². The van der Waals surface area contributed by atoms with Gasteiger partial charge in [-0.1, -0.05) is 52.0 Å². The largest absolute Gasteiger partial charge is 0.390 e. The normalized spacial score (nSPS) is 42.1. The van der Waals surface area contributed by atoms with Crippen LogP contribution in [0.2, 0.25) is 0 Å². The molecule has 0 unspecified atom stereocenters. The summed E-state index contributed by atoms with van der Waals surface area (Å²) in [4.78, 5) is 0. The monoisotopic (exact) mass is 290 g/mol. The van der Waals surface area contributed by atoms with Crippen molar-refractivity contribution in [1.29, 1.82) is 0 Å². The van der Waals surface area contributed by atoms with Crippen molar-refractivity contribution in [2.24, 2.45) is 22.7 Å². The first-order valence-electron chi connectivity index (χ1n) is 8.66.